The van der Waals surface area contributed by atoms with Gasteiger partial charge in [-0.2, -0.15) is 5.26 Å². The first-order valence-corrected chi connectivity index (χ1v) is 10.8. The lowest BCUT2D eigenvalue weighted by Gasteiger charge is -2.26. The smallest absolute Gasteiger partial charge is 0.270 e. The van der Waals surface area contributed by atoms with Crippen LogP contribution in [0.1, 0.15) is 27.3 Å². The van der Waals surface area contributed by atoms with E-state index in [0.29, 0.717) is 54.3 Å². The molecule has 1 fully saturated rings. The highest BCUT2D eigenvalue weighted by Crippen LogP contribution is 2.34. The van der Waals surface area contributed by atoms with Crippen LogP contribution in [0.3, 0.4) is 0 Å². The molecular formula is C22H19FN6OS. The molecule has 1 saturated heterocycles. The van der Waals surface area contributed by atoms with Crippen LogP contribution in [0, 0.1) is 11.3 Å². The summed E-state index contributed by atoms with van der Waals surface area (Å²) in [6.45, 7) is 1.53. The van der Waals surface area contributed by atoms with E-state index in [1.165, 1.54) is 11.3 Å². The van der Waals surface area contributed by atoms with E-state index in [4.69, 9.17) is 5.73 Å². The van der Waals surface area contributed by atoms with Gasteiger partial charge in [0.1, 0.15) is 27.9 Å². The first-order chi connectivity index (χ1) is 15.0. The van der Waals surface area contributed by atoms with Crippen LogP contribution in [0.4, 0.5) is 21.6 Å². The number of halogens is 1. The number of fused-ring (bicyclic) bond motifs is 1. The molecule has 3 aromatic rings. The van der Waals surface area contributed by atoms with E-state index < -0.39 is 6.17 Å². The Kier molecular flexibility index (Phi) is 4.79. The van der Waals surface area contributed by atoms with E-state index in [1.807, 2.05) is 17.0 Å². The normalized spacial score (nSPS) is 18.2. The minimum absolute atomic E-state index is 0.130. The molecule has 2 aliphatic rings. The third-order valence-corrected chi connectivity index (χ3v) is 6.76. The monoisotopic (exact) mass is 434 g/mol. The van der Waals surface area contributed by atoms with Crippen molar-refractivity contribution in [2.45, 2.75) is 19.0 Å². The van der Waals surface area contributed by atoms with Crippen LogP contribution < -0.4 is 15.5 Å². The number of anilines is 3. The second kappa shape index (κ2) is 7.63. The molecule has 5 rings (SSSR count). The van der Waals surface area contributed by atoms with Gasteiger partial charge in [0.15, 0.2) is 0 Å². The molecule has 1 aromatic carbocycles. The van der Waals surface area contributed by atoms with Crippen LogP contribution in [-0.4, -0.2) is 41.7 Å². The molecule has 7 nitrogen and oxygen atoms in total. The van der Waals surface area contributed by atoms with E-state index in [0.717, 1.165) is 22.1 Å². The number of hydrogen-bond acceptors (Lipinski definition) is 7. The zero-order valence-corrected chi connectivity index (χ0v) is 17.4. The third-order valence-electron chi connectivity index (χ3n) is 5.63. The molecule has 0 bridgehead atoms. The quantitative estimate of drug-likeness (QED) is 0.634. The number of rotatable bonds is 3. The number of pyridine rings is 1. The lowest BCUT2D eigenvalue weighted by molar-refractivity contribution is 0.0984. The summed E-state index contributed by atoms with van der Waals surface area (Å²) in [7, 11) is 0. The van der Waals surface area contributed by atoms with Crippen molar-refractivity contribution in [2.24, 2.45) is 0 Å². The number of amides is 1. The highest BCUT2D eigenvalue weighted by molar-refractivity contribution is 7.17. The Balaban J connectivity index is 1.39. The van der Waals surface area contributed by atoms with Crippen molar-refractivity contribution >= 4 is 34.4 Å². The molecule has 0 spiro atoms. The van der Waals surface area contributed by atoms with Crippen molar-refractivity contribution in [1.82, 2.24) is 9.97 Å². The molecule has 4 heterocycles. The lowest BCUT2D eigenvalue weighted by Crippen LogP contribution is -2.37. The van der Waals surface area contributed by atoms with Gasteiger partial charge in [-0.3, -0.25) is 4.79 Å². The Morgan fingerprint density at radius 3 is 2.84 bits per heavy atom. The van der Waals surface area contributed by atoms with Gasteiger partial charge in [0.05, 0.1) is 17.8 Å². The molecule has 0 aliphatic carbocycles. The summed E-state index contributed by atoms with van der Waals surface area (Å²) in [6.07, 6.45) is 2.09. The van der Waals surface area contributed by atoms with Crippen molar-refractivity contribution in [2.75, 3.05) is 35.2 Å². The first kappa shape index (κ1) is 19.5. The molecule has 2 aromatic heterocycles. The van der Waals surface area contributed by atoms with E-state index in [-0.39, 0.29) is 5.91 Å². The molecular weight excluding hydrogens is 415 g/mol. The van der Waals surface area contributed by atoms with Crippen LogP contribution in [0.15, 0.2) is 36.5 Å². The fraction of sp³-hybridized carbons (Fsp3) is 0.273. The molecule has 0 radical (unpaired) electrons. The molecule has 1 amide bonds. The predicted molar refractivity (Wildman–Crippen MR) is 118 cm³/mol. The number of benzene rings is 1. The molecule has 31 heavy (non-hydrogen) atoms. The topological polar surface area (TPSA) is 99.1 Å². The maximum atomic E-state index is 13.5. The number of nitrogen functional groups attached to an aromatic ring is 1. The van der Waals surface area contributed by atoms with E-state index in [9.17, 15) is 14.4 Å². The fourth-order valence-electron chi connectivity index (χ4n) is 3.93. The zero-order valence-electron chi connectivity index (χ0n) is 16.6. The van der Waals surface area contributed by atoms with Crippen molar-refractivity contribution in [3.8, 4) is 16.6 Å². The van der Waals surface area contributed by atoms with Gasteiger partial charge in [-0.15, -0.1) is 11.3 Å². The molecule has 156 valence electrons. The maximum absolute atomic E-state index is 13.5. The number of thiazole rings is 1. The summed E-state index contributed by atoms with van der Waals surface area (Å²) in [5.74, 6) is 0.624. The first-order valence-electron chi connectivity index (χ1n) is 10.00. The van der Waals surface area contributed by atoms with Gasteiger partial charge in [-0.1, -0.05) is 0 Å². The highest BCUT2D eigenvalue weighted by Gasteiger charge is 2.30. The van der Waals surface area contributed by atoms with Gasteiger partial charge in [-0.25, -0.2) is 14.4 Å². The summed E-state index contributed by atoms with van der Waals surface area (Å²) < 4.78 is 13.5. The van der Waals surface area contributed by atoms with Crippen molar-refractivity contribution < 1.29 is 9.18 Å². The average molecular weight is 435 g/mol. The van der Waals surface area contributed by atoms with E-state index >= 15 is 0 Å². The second-order valence-electron chi connectivity index (χ2n) is 7.62. The van der Waals surface area contributed by atoms with Gasteiger partial charge in [-0.05, 0) is 36.8 Å². The Hall–Kier alpha value is -3.51. The van der Waals surface area contributed by atoms with E-state index in [2.05, 4.69) is 16.0 Å². The summed E-state index contributed by atoms with van der Waals surface area (Å²) in [5.41, 5.74) is 8.81. The standard InChI is InChI=1S/C22H19FN6OS/c23-15-5-7-28(12-15)19-4-1-13(11-26-19)21-27-18-6-8-29(22(30)20(18)31-21)16-2-3-17(25)14(9-16)10-24/h1-4,9,11,15H,5-8,12,25H2. The summed E-state index contributed by atoms with van der Waals surface area (Å²) in [6, 6.07) is 10.9. The minimum Gasteiger partial charge on any atom is -0.398 e. The van der Waals surface area contributed by atoms with Crippen LogP contribution in [-0.2, 0) is 6.42 Å². The fourth-order valence-corrected chi connectivity index (χ4v) is 4.99. The highest BCUT2D eigenvalue weighted by atomic mass is 32.1. The Bertz CT molecular complexity index is 1200. The molecule has 1 unspecified atom stereocenters. The largest absolute Gasteiger partial charge is 0.398 e. The third kappa shape index (κ3) is 3.49. The van der Waals surface area contributed by atoms with Crippen LogP contribution in [0.25, 0.3) is 10.6 Å². The summed E-state index contributed by atoms with van der Waals surface area (Å²) >= 11 is 1.34. The maximum Gasteiger partial charge on any atom is 0.270 e. The van der Waals surface area contributed by atoms with Gasteiger partial charge in [0.2, 0.25) is 0 Å². The van der Waals surface area contributed by atoms with Crippen LogP contribution in [0.5, 0.6) is 0 Å². The zero-order chi connectivity index (χ0) is 21.5. The number of nitrogens with zero attached hydrogens (tertiary/aromatic N) is 5. The van der Waals surface area contributed by atoms with Crippen molar-refractivity contribution in [3.63, 3.8) is 0 Å². The van der Waals surface area contributed by atoms with E-state index in [1.54, 1.807) is 29.3 Å². The van der Waals surface area contributed by atoms with Crippen molar-refractivity contribution in [3.05, 3.63) is 52.7 Å². The predicted octanol–water partition coefficient (Wildman–Crippen LogP) is 3.41. The number of nitriles is 1. The number of carbonyl (C=O) groups is 1. The van der Waals surface area contributed by atoms with Crippen LogP contribution >= 0.6 is 11.3 Å². The average Bonchev–Trinajstić information content (AvgIpc) is 3.42. The number of alkyl halides is 1. The van der Waals surface area contributed by atoms with Gasteiger partial charge >= 0.3 is 0 Å². The Morgan fingerprint density at radius 1 is 1.26 bits per heavy atom. The minimum atomic E-state index is -0.800. The number of aromatic nitrogens is 2. The second-order valence-corrected chi connectivity index (χ2v) is 8.62. The molecule has 1 atom stereocenters. The SMILES string of the molecule is N#Cc1cc(N2CCc3nc(-c4ccc(N5CCC(F)C5)nc4)sc3C2=O)ccc1N. The summed E-state index contributed by atoms with van der Waals surface area (Å²) in [4.78, 5) is 26.5. The summed E-state index contributed by atoms with van der Waals surface area (Å²) in [5, 5.41) is 9.96. The Morgan fingerprint density at radius 2 is 2.13 bits per heavy atom. The molecule has 2 aliphatic heterocycles. The van der Waals surface area contributed by atoms with Gasteiger partial charge < -0.3 is 15.5 Å². The number of carbonyl (C=O) groups excluding carboxylic acids is 1. The molecule has 9 heteroatoms. The lowest BCUT2D eigenvalue weighted by atomic mass is 10.1. The Labute approximate surface area is 182 Å². The van der Waals surface area contributed by atoms with Crippen LogP contribution in [0.2, 0.25) is 0 Å². The van der Waals surface area contributed by atoms with Gasteiger partial charge in [0.25, 0.3) is 5.91 Å². The van der Waals surface area contributed by atoms with Crippen molar-refractivity contribution in [1.29, 1.82) is 5.26 Å². The number of hydrogen-bond donors (Lipinski definition) is 1. The number of nitrogens with two attached hydrogens (primary N) is 1. The molecule has 0 saturated carbocycles. The van der Waals surface area contributed by atoms with Gasteiger partial charge in [0, 0.05) is 42.6 Å². The molecule has 2 N–H and O–H groups in total.